The van der Waals surface area contributed by atoms with Crippen molar-refractivity contribution < 1.29 is 33.7 Å². The predicted octanol–water partition coefficient (Wildman–Crippen LogP) is 2.49. The number of Topliss-reactive ketones (excluding diaryl/α,β-unsaturated/α-hetero) is 1. The number of amides is 1. The summed E-state index contributed by atoms with van der Waals surface area (Å²) in [5.41, 5.74) is -0.846. The number of carbonyl (C=O) groups is 3. The summed E-state index contributed by atoms with van der Waals surface area (Å²) in [5, 5.41) is 14.7. The van der Waals surface area contributed by atoms with E-state index >= 15 is 0 Å². The van der Waals surface area contributed by atoms with Crippen molar-refractivity contribution in [2.24, 2.45) is 5.92 Å². The van der Waals surface area contributed by atoms with E-state index in [4.69, 9.17) is 14.2 Å². The van der Waals surface area contributed by atoms with Crippen molar-refractivity contribution in [2.45, 2.75) is 95.1 Å². The van der Waals surface area contributed by atoms with Crippen LogP contribution in [-0.4, -0.2) is 70.8 Å². The van der Waals surface area contributed by atoms with Gasteiger partial charge >= 0.3 is 12.1 Å². The summed E-state index contributed by atoms with van der Waals surface area (Å²) in [7, 11) is 2.01. The number of esters is 1. The Balaban J connectivity index is 1.47. The van der Waals surface area contributed by atoms with Gasteiger partial charge in [0.2, 0.25) is 0 Å². The number of likely N-dealkylation sites (tertiary alicyclic amines) is 1. The van der Waals surface area contributed by atoms with Crippen LogP contribution in [0.2, 0.25) is 0 Å². The largest absolute Gasteiger partial charge is 0.477 e. The molecule has 196 valence electrons. The van der Waals surface area contributed by atoms with Crippen LogP contribution < -0.4 is 14.8 Å². The van der Waals surface area contributed by atoms with Gasteiger partial charge in [0.1, 0.15) is 11.6 Å². The van der Waals surface area contributed by atoms with E-state index in [0.717, 1.165) is 17.7 Å². The topological polar surface area (TPSA) is 114 Å². The van der Waals surface area contributed by atoms with Gasteiger partial charge in [0, 0.05) is 18.0 Å². The highest BCUT2D eigenvalue weighted by Crippen LogP contribution is 2.64. The number of likely N-dealkylation sites (N-methyl/N-ethyl adjacent to an activating group) is 1. The molecule has 36 heavy (non-hydrogen) atoms. The van der Waals surface area contributed by atoms with Crippen LogP contribution in [0.4, 0.5) is 4.79 Å². The van der Waals surface area contributed by atoms with Gasteiger partial charge in [0.05, 0.1) is 11.0 Å². The Hall–Kier alpha value is -2.65. The summed E-state index contributed by atoms with van der Waals surface area (Å²) in [6, 6.07) is 2.56. The lowest BCUT2D eigenvalue weighted by Crippen LogP contribution is -2.76. The Bertz CT molecular complexity index is 1130. The van der Waals surface area contributed by atoms with Gasteiger partial charge in [-0.15, -0.1) is 0 Å². The molecule has 2 N–H and O–H groups in total. The molecule has 2 aliphatic heterocycles. The number of benzene rings is 1. The second kappa shape index (κ2) is 8.18. The fraction of sp³-hybridized carbons (Fsp3) is 0.667. The molecular formula is C27H36N2O7. The smallest absolute Gasteiger partial charge is 0.413 e. The Morgan fingerprint density at radius 3 is 2.64 bits per heavy atom. The van der Waals surface area contributed by atoms with Gasteiger partial charge in [0.25, 0.3) is 0 Å². The van der Waals surface area contributed by atoms with E-state index in [1.54, 1.807) is 26.8 Å². The van der Waals surface area contributed by atoms with Crippen molar-refractivity contribution in [1.82, 2.24) is 10.2 Å². The lowest BCUT2D eigenvalue weighted by atomic mass is 9.49. The number of hydrogen-bond donors (Lipinski definition) is 2. The molecule has 5 atom stereocenters. The number of ketones is 1. The van der Waals surface area contributed by atoms with Crippen LogP contribution in [0, 0.1) is 5.92 Å². The normalized spacial score (nSPS) is 31.4. The van der Waals surface area contributed by atoms with E-state index in [9.17, 15) is 19.5 Å². The maximum atomic E-state index is 13.1. The minimum absolute atomic E-state index is 0.0350. The standard InChI is InChI=1S/C27H36N2O7/c1-14(2)20(23(31)36-25(3,4)5)28-24(32)34-17-8-7-15-13-18-27(33)10-9-16(30)22-26(27,11-12-29(18)6)19(15)21(17)35-22/h7-8,14,18,20,22,33H,9-13H2,1-6H3,(H,28,32)/t18-,20-,22+,26+,27-/m1/s1. The first-order valence-corrected chi connectivity index (χ1v) is 12.8. The maximum absolute atomic E-state index is 13.1. The molecule has 0 aromatic heterocycles. The summed E-state index contributed by atoms with van der Waals surface area (Å²) in [6.07, 6.45) is 0.222. The van der Waals surface area contributed by atoms with Crippen molar-refractivity contribution in [2.75, 3.05) is 13.6 Å². The number of ether oxygens (including phenoxy) is 3. The van der Waals surface area contributed by atoms with E-state index in [0.29, 0.717) is 25.0 Å². The van der Waals surface area contributed by atoms with E-state index in [-0.39, 0.29) is 29.9 Å². The fourth-order valence-electron chi connectivity index (χ4n) is 6.72. The minimum Gasteiger partial charge on any atom is -0.477 e. The summed E-state index contributed by atoms with van der Waals surface area (Å²) in [4.78, 5) is 40.8. The van der Waals surface area contributed by atoms with Crippen molar-refractivity contribution in [3.05, 3.63) is 23.3 Å². The van der Waals surface area contributed by atoms with Crippen molar-refractivity contribution in [1.29, 1.82) is 0 Å². The number of rotatable bonds is 4. The van der Waals surface area contributed by atoms with Crippen molar-refractivity contribution >= 4 is 17.8 Å². The van der Waals surface area contributed by atoms with Gasteiger partial charge in [-0.1, -0.05) is 19.9 Å². The molecule has 0 unspecified atom stereocenters. The van der Waals surface area contributed by atoms with Gasteiger partial charge in [0.15, 0.2) is 23.4 Å². The molecule has 0 radical (unpaired) electrons. The molecule has 1 spiro atoms. The molecular weight excluding hydrogens is 464 g/mol. The number of nitrogens with one attached hydrogen (secondary N) is 1. The number of aliphatic hydroxyl groups is 1. The van der Waals surface area contributed by atoms with Gasteiger partial charge in [-0.3, -0.25) is 4.79 Å². The van der Waals surface area contributed by atoms with Crippen molar-refractivity contribution in [3.8, 4) is 11.5 Å². The van der Waals surface area contributed by atoms with Gasteiger partial charge in [-0.25, -0.2) is 9.59 Å². The Kier molecular flexibility index (Phi) is 5.68. The van der Waals surface area contributed by atoms with E-state index in [2.05, 4.69) is 10.2 Å². The molecule has 2 bridgehead atoms. The molecule has 5 rings (SSSR count). The molecule has 2 aliphatic carbocycles. The number of hydrogen-bond acceptors (Lipinski definition) is 8. The maximum Gasteiger partial charge on any atom is 0.413 e. The summed E-state index contributed by atoms with van der Waals surface area (Å²) < 4.78 is 17.4. The molecule has 9 nitrogen and oxygen atoms in total. The third-order valence-electron chi connectivity index (χ3n) is 8.31. The molecule has 2 heterocycles. The van der Waals surface area contributed by atoms with Gasteiger partial charge in [-0.2, -0.15) is 0 Å². The lowest BCUT2D eigenvalue weighted by Gasteiger charge is -2.61. The zero-order valence-electron chi connectivity index (χ0n) is 21.8. The minimum atomic E-state index is -1.10. The molecule has 1 amide bonds. The number of piperidine rings is 1. The zero-order valence-corrected chi connectivity index (χ0v) is 21.8. The zero-order chi connectivity index (χ0) is 26.2. The molecule has 4 aliphatic rings. The summed E-state index contributed by atoms with van der Waals surface area (Å²) >= 11 is 0. The van der Waals surface area contributed by atoms with Gasteiger partial charge < -0.3 is 29.5 Å². The lowest BCUT2D eigenvalue weighted by molar-refractivity contribution is -0.185. The van der Waals surface area contributed by atoms with E-state index in [1.807, 2.05) is 27.0 Å². The first kappa shape index (κ1) is 25.0. The van der Waals surface area contributed by atoms with Gasteiger partial charge in [-0.05, 0) is 71.2 Å². The first-order valence-electron chi connectivity index (χ1n) is 12.8. The van der Waals surface area contributed by atoms with E-state index in [1.165, 1.54) is 0 Å². The molecule has 1 aromatic rings. The Morgan fingerprint density at radius 2 is 1.97 bits per heavy atom. The summed E-state index contributed by atoms with van der Waals surface area (Å²) in [5.74, 6) is -0.282. The first-order chi connectivity index (χ1) is 16.8. The third kappa shape index (κ3) is 3.54. The average molecular weight is 501 g/mol. The third-order valence-corrected chi connectivity index (χ3v) is 8.31. The molecule has 1 saturated heterocycles. The highest BCUT2D eigenvalue weighted by atomic mass is 16.6. The quantitative estimate of drug-likeness (QED) is 0.606. The highest BCUT2D eigenvalue weighted by molar-refractivity contribution is 5.90. The second-order valence-corrected chi connectivity index (χ2v) is 12.0. The van der Waals surface area contributed by atoms with Crippen LogP contribution >= 0.6 is 0 Å². The second-order valence-electron chi connectivity index (χ2n) is 12.0. The van der Waals surface area contributed by atoms with Crippen molar-refractivity contribution in [3.63, 3.8) is 0 Å². The van der Waals surface area contributed by atoms with E-state index < -0.39 is 40.8 Å². The van der Waals surface area contributed by atoms with Crippen LogP contribution in [-0.2, 0) is 26.2 Å². The monoisotopic (exact) mass is 500 g/mol. The number of nitrogens with zero attached hydrogens (tertiary/aromatic N) is 1. The Morgan fingerprint density at radius 1 is 1.25 bits per heavy atom. The average Bonchev–Trinajstić information content (AvgIpc) is 3.13. The molecule has 9 heteroatoms. The van der Waals surface area contributed by atoms with Crippen LogP contribution in [0.15, 0.2) is 12.1 Å². The van der Waals surface area contributed by atoms with Crippen LogP contribution in [0.1, 0.15) is 65.0 Å². The highest BCUT2D eigenvalue weighted by Gasteiger charge is 2.72. The van der Waals surface area contributed by atoms with Crippen LogP contribution in [0.25, 0.3) is 0 Å². The molecule has 1 aromatic carbocycles. The predicted molar refractivity (Wildman–Crippen MR) is 130 cm³/mol. The number of carbonyl (C=O) groups excluding carboxylic acids is 3. The molecule has 2 fully saturated rings. The van der Waals surface area contributed by atoms with Crippen LogP contribution in [0.5, 0.6) is 11.5 Å². The van der Waals surface area contributed by atoms with Crippen LogP contribution in [0.3, 0.4) is 0 Å². The fourth-order valence-corrected chi connectivity index (χ4v) is 6.72. The molecule has 1 saturated carbocycles. The Labute approximate surface area is 211 Å². The SMILES string of the molecule is CC(C)[C@@H](NC(=O)Oc1ccc2c3c1O[C@H]1C(=O)CC[C@@]4(O)[C@@H](C2)N(C)CC[C@]314)C(=O)OC(C)(C)C. The summed E-state index contributed by atoms with van der Waals surface area (Å²) in [6.45, 7) is 9.65.